The predicted octanol–water partition coefficient (Wildman–Crippen LogP) is 0.892. The number of sulfonamides is 1. The van der Waals surface area contributed by atoms with Crippen molar-refractivity contribution in [1.29, 1.82) is 0 Å². The minimum atomic E-state index is -3.18. The van der Waals surface area contributed by atoms with Gasteiger partial charge in [0.25, 0.3) is 5.91 Å². The number of carbonyl (C=O) groups is 2. The van der Waals surface area contributed by atoms with Crippen LogP contribution in [0.4, 0.5) is 0 Å². The van der Waals surface area contributed by atoms with E-state index in [0.29, 0.717) is 13.0 Å². The molecule has 2 rings (SSSR count). The predicted molar refractivity (Wildman–Crippen MR) is 85.1 cm³/mol. The summed E-state index contributed by atoms with van der Waals surface area (Å²) in [6, 6.07) is 4.24. The summed E-state index contributed by atoms with van der Waals surface area (Å²) >= 11 is 5.97. The number of benzene rings is 1. The molecule has 0 unspecified atom stereocenters. The molecule has 9 heteroatoms. The largest absolute Gasteiger partial charge is 0.465 e. The Kier molecular flexibility index (Phi) is 5.61. The van der Waals surface area contributed by atoms with Crippen molar-refractivity contribution in [2.75, 3.05) is 32.5 Å². The maximum atomic E-state index is 12.1. The molecule has 1 aromatic rings. The highest BCUT2D eigenvalue weighted by molar-refractivity contribution is 7.89. The van der Waals surface area contributed by atoms with Crippen LogP contribution in [-0.2, 0) is 14.8 Å². The van der Waals surface area contributed by atoms with E-state index in [-0.39, 0.29) is 35.0 Å². The number of hydrogen-bond donors (Lipinski definition) is 1. The summed E-state index contributed by atoms with van der Waals surface area (Å²) in [6.07, 6.45) is 0.600. The van der Waals surface area contributed by atoms with Crippen molar-refractivity contribution in [2.24, 2.45) is 0 Å². The molecule has 1 saturated heterocycles. The quantitative estimate of drug-likeness (QED) is 0.787. The molecule has 0 spiro atoms. The van der Waals surface area contributed by atoms with Crippen LogP contribution in [0.2, 0.25) is 5.02 Å². The number of nitrogens with one attached hydrogen (secondary N) is 1. The summed E-state index contributed by atoms with van der Waals surface area (Å²) in [5.74, 6) is -0.898. The lowest BCUT2D eigenvalue weighted by Crippen LogP contribution is -2.36. The highest BCUT2D eigenvalue weighted by Crippen LogP contribution is 2.18. The first-order valence-corrected chi connectivity index (χ1v) is 8.98. The lowest BCUT2D eigenvalue weighted by molar-refractivity contribution is 0.0600. The van der Waals surface area contributed by atoms with E-state index in [0.717, 1.165) is 0 Å². The number of esters is 1. The number of hydrogen-bond acceptors (Lipinski definition) is 5. The molecular formula is C14H17ClN2O5S. The second kappa shape index (κ2) is 7.29. The molecule has 23 heavy (non-hydrogen) atoms. The Morgan fingerprint density at radius 3 is 2.74 bits per heavy atom. The fourth-order valence-corrected chi connectivity index (χ4v) is 4.01. The van der Waals surface area contributed by atoms with E-state index in [1.807, 2.05) is 0 Å². The molecule has 0 atom stereocenters. The lowest BCUT2D eigenvalue weighted by atomic mass is 10.1. The van der Waals surface area contributed by atoms with Gasteiger partial charge in [0, 0.05) is 19.6 Å². The number of rotatable bonds is 5. The molecule has 1 heterocycles. The van der Waals surface area contributed by atoms with Gasteiger partial charge in [-0.15, -0.1) is 0 Å². The highest BCUT2D eigenvalue weighted by Gasteiger charge is 2.27. The molecule has 1 fully saturated rings. The Morgan fingerprint density at radius 2 is 2.13 bits per heavy atom. The summed E-state index contributed by atoms with van der Waals surface area (Å²) in [7, 11) is -1.94. The van der Waals surface area contributed by atoms with E-state index in [2.05, 4.69) is 10.1 Å². The Bertz CT molecular complexity index is 720. The molecule has 0 bridgehead atoms. The average Bonchev–Trinajstić information content (AvgIpc) is 2.85. The normalized spacial score (nSPS) is 17.0. The molecule has 0 aliphatic carbocycles. The standard InChI is InChI=1S/C14H17ClN2O5S/c1-22-14(19)10-3-4-12(15)11(9-10)13(18)16-5-7-17-6-2-8-23(17,20)21/h3-4,9H,2,5-8H2,1H3,(H,16,18). The van der Waals surface area contributed by atoms with Gasteiger partial charge in [-0.2, -0.15) is 0 Å². The minimum Gasteiger partial charge on any atom is -0.465 e. The van der Waals surface area contributed by atoms with Crippen molar-refractivity contribution in [3.63, 3.8) is 0 Å². The molecule has 1 aliphatic rings. The molecule has 7 nitrogen and oxygen atoms in total. The minimum absolute atomic E-state index is 0.138. The van der Waals surface area contributed by atoms with Crippen molar-refractivity contribution in [1.82, 2.24) is 9.62 Å². The lowest BCUT2D eigenvalue weighted by Gasteiger charge is -2.14. The Hall–Kier alpha value is -1.64. The van der Waals surface area contributed by atoms with Gasteiger partial charge >= 0.3 is 5.97 Å². The fraction of sp³-hybridized carbons (Fsp3) is 0.429. The van der Waals surface area contributed by atoms with E-state index in [9.17, 15) is 18.0 Å². The molecule has 1 N–H and O–H groups in total. The van der Waals surface area contributed by atoms with Gasteiger partial charge in [-0.25, -0.2) is 17.5 Å². The first-order valence-electron chi connectivity index (χ1n) is 6.99. The van der Waals surface area contributed by atoms with Gasteiger partial charge < -0.3 is 10.1 Å². The van der Waals surface area contributed by atoms with Crippen LogP contribution in [0.5, 0.6) is 0 Å². The third-order valence-electron chi connectivity index (χ3n) is 3.48. The fourth-order valence-electron chi connectivity index (χ4n) is 2.28. The van der Waals surface area contributed by atoms with Gasteiger partial charge in [-0.05, 0) is 24.6 Å². The summed E-state index contributed by atoms with van der Waals surface area (Å²) in [6.45, 7) is 0.843. The van der Waals surface area contributed by atoms with Gasteiger partial charge in [0.15, 0.2) is 0 Å². The van der Waals surface area contributed by atoms with E-state index in [4.69, 9.17) is 11.6 Å². The molecule has 0 aromatic heterocycles. The van der Waals surface area contributed by atoms with Crippen molar-refractivity contribution in [3.8, 4) is 0 Å². The molecule has 1 aliphatic heterocycles. The Labute approximate surface area is 139 Å². The van der Waals surface area contributed by atoms with Crippen molar-refractivity contribution < 1.29 is 22.7 Å². The second-order valence-electron chi connectivity index (χ2n) is 5.01. The van der Waals surface area contributed by atoms with Crippen LogP contribution in [-0.4, -0.2) is 57.1 Å². The van der Waals surface area contributed by atoms with E-state index in [1.165, 1.54) is 29.6 Å². The van der Waals surface area contributed by atoms with Crippen molar-refractivity contribution in [3.05, 3.63) is 34.3 Å². The van der Waals surface area contributed by atoms with Crippen molar-refractivity contribution >= 4 is 33.5 Å². The van der Waals surface area contributed by atoms with Gasteiger partial charge in [0.1, 0.15) is 0 Å². The maximum Gasteiger partial charge on any atom is 0.337 e. The third-order valence-corrected chi connectivity index (χ3v) is 5.77. The van der Waals surface area contributed by atoms with Gasteiger partial charge in [0.2, 0.25) is 10.0 Å². The van der Waals surface area contributed by atoms with Gasteiger partial charge in [0.05, 0.1) is 29.0 Å². The van der Waals surface area contributed by atoms with Crippen LogP contribution in [0.3, 0.4) is 0 Å². The molecule has 126 valence electrons. The molecular weight excluding hydrogens is 344 g/mol. The summed E-state index contributed by atoms with van der Waals surface area (Å²) < 4.78 is 29.3. The number of amides is 1. The second-order valence-corrected chi connectivity index (χ2v) is 7.51. The van der Waals surface area contributed by atoms with Gasteiger partial charge in [-0.3, -0.25) is 4.79 Å². The topological polar surface area (TPSA) is 92.8 Å². The average molecular weight is 361 g/mol. The zero-order valence-electron chi connectivity index (χ0n) is 12.5. The van der Waals surface area contributed by atoms with Crippen LogP contribution in [0, 0.1) is 0 Å². The van der Waals surface area contributed by atoms with E-state index >= 15 is 0 Å². The first-order chi connectivity index (χ1) is 10.8. The number of halogens is 1. The number of carbonyl (C=O) groups excluding carboxylic acids is 2. The molecule has 1 aromatic carbocycles. The first kappa shape index (κ1) is 17.7. The summed E-state index contributed by atoms with van der Waals surface area (Å²) in [4.78, 5) is 23.6. The number of ether oxygens (including phenoxy) is 1. The molecule has 0 saturated carbocycles. The van der Waals surface area contributed by atoms with Crippen LogP contribution < -0.4 is 5.32 Å². The monoisotopic (exact) mass is 360 g/mol. The zero-order valence-corrected chi connectivity index (χ0v) is 14.1. The number of methoxy groups -OCH3 is 1. The number of nitrogens with zero attached hydrogens (tertiary/aromatic N) is 1. The van der Waals surface area contributed by atoms with Crippen molar-refractivity contribution in [2.45, 2.75) is 6.42 Å². The SMILES string of the molecule is COC(=O)c1ccc(Cl)c(C(=O)NCCN2CCCS2(=O)=O)c1. The summed E-state index contributed by atoms with van der Waals surface area (Å²) in [5, 5.41) is 2.81. The van der Waals surface area contributed by atoms with Gasteiger partial charge in [-0.1, -0.05) is 11.6 Å². The molecule has 1 amide bonds. The summed E-state index contributed by atoms with van der Waals surface area (Å²) in [5.41, 5.74) is 0.350. The Morgan fingerprint density at radius 1 is 1.39 bits per heavy atom. The smallest absolute Gasteiger partial charge is 0.337 e. The highest BCUT2D eigenvalue weighted by atomic mass is 35.5. The Balaban J connectivity index is 1.99. The van der Waals surface area contributed by atoms with Crippen LogP contribution >= 0.6 is 11.6 Å². The maximum absolute atomic E-state index is 12.1. The zero-order chi connectivity index (χ0) is 17.0. The van der Waals surface area contributed by atoms with E-state index in [1.54, 1.807) is 0 Å². The van der Waals surface area contributed by atoms with Crippen LogP contribution in [0.25, 0.3) is 0 Å². The van der Waals surface area contributed by atoms with Crippen LogP contribution in [0.1, 0.15) is 27.1 Å². The van der Waals surface area contributed by atoms with Crippen LogP contribution in [0.15, 0.2) is 18.2 Å². The molecule has 0 radical (unpaired) electrons. The van der Waals surface area contributed by atoms with E-state index < -0.39 is 21.9 Å². The third kappa shape index (κ3) is 4.21.